The number of aromatic nitrogens is 1. The van der Waals surface area contributed by atoms with Crippen LogP contribution in [0.1, 0.15) is 38.3 Å². The maximum absolute atomic E-state index is 7.33. The molecule has 1 atom stereocenters. The lowest BCUT2D eigenvalue weighted by atomic mass is 9.99. The standard InChI is InChI=1S/C13H20N4/c1-2-10-5-3-4-8-17(10)11-6-7-12(13(14)15)16-9-11/h6-7,9-10H,2-5,8H2,1H3,(H3,14,15). The molecule has 0 saturated carbocycles. The molecule has 3 N–H and O–H groups in total. The second-order valence-electron chi connectivity index (χ2n) is 4.57. The van der Waals surface area contributed by atoms with Gasteiger partial charge < -0.3 is 10.6 Å². The van der Waals surface area contributed by atoms with Gasteiger partial charge in [0.15, 0.2) is 0 Å². The monoisotopic (exact) mass is 232 g/mol. The number of hydrogen-bond donors (Lipinski definition) is 2. The van der Waals surface area contributed by atoms with Gasteiger partial charge >= 0.3 is 0 Å². The molecule has 1 aromatic heterocycles. The molecule has 1 aliphatic rings. The Morgan fingerprint density at radius 3 is 2.94 bits per heavy atom. The molecule has 0 radical (unpaired) electrons. The van der Waals surface area contributed by atoms with Gasteiger partial charge in [0.2, 0.25) is 0 Å². The van der Waals surface area contributed by atoms with Crippen molar-refractivity contribution in [3.8, 4) is 0 Å². The number of piperidine rings is 1. The van der Waals surface area contributed by atoms with Gasteiger partial charge in [-0.3, -0.25) is 10.4 Å². The summed E-state index contributed by atoms with van der Waals surface area (Å²) in [6.07, 6.45) is 6.86. The summed E-state index contributed by atoms with van der Waals surface area (Å²) in [5.41, 5.74) is 7.11. The smallest absolute Gasteiger partial charge is 0.141 e. The lowest BCUT2D eigenvalue weighted by molar-refractivity contribution is 0.449. The van der Waals surface area contributed by atoms with E-state index in [9.17, 15) is 0 Å². The molecule has 1 fully saturated rings. The van der Waals surface area contributed by atoms with E-state index < -0.39 is 0 Å². The largest absolute Gasteiger partial charge is 0.382 e. The fourth-order valence-electron chi connectivity index (χ4n) is 2.48. The first kappa shape index (κ1) is 11.9. The van der Waals surface area contributed by atoms with E-state index in [1.807, 2.05) is 18.3 Å². The zero-order valence-electron chi connectivity index (χ0n) is 10.3. The van der Waals surface area contributed by atoms with Crippen LogP contribution in [-0.4, -0.2) is 23.4 Å². The Kier molecular flexibility index (Phi) is 3.61. The lowest BCUT2D eigenvalue weighted by Gasteiger charge is -2.37. The average Bonchev–Trinajstić information content (AvgIpc) is 2.39. The summed E-state index contributed by atoms with van der Waals surface area (Å²) in [5.74, 6) is 0.0298. The molecule has 0 bridgehead atoms. The van der Waals surface area contributed by atoms with E-state index in [2.05, 4.69) is 16.8 Å². The van der Waals surface area contributed by atoms with E-state index in [1.54, 1.807) is 0 Å². The number of hydrogen-bond acceptors (Lipinski definition) is 3. The molecule has 4 heteroatoms. The minimum Gasteiger partial charge on any atom is -0.382 e. The molecule has 1 aromatic rings. The maximum atomic E-state index is 7.33. The second kappa shape index (κ2) is 5.17. The number of pyridine rings is 1. The fraction of sp³-hybridized carbons (Fsp3) is 0.538. The van der Waals surface area contributed by atoms with Crippen LogP contribution in [0.25, 0.3) is 0 Å². The van der Waals surface area contributed by atoms with Crippen LogP contribution < -0.4 is 10.6 Å². The highest BCUT2D eigenvalue weighted by Crippen LogP contribution is 2.25. The number of nitrogens with two attached hydrogens (primary N) is 1. The van der Waals surface area contributed by atoms with Crippen molar-refractivity contribution in [2.24, 2.45) is 5.73 Å². The van der Waals surface area contributed by atoms with Gasteiger partial charge in [0.1, 0.15) is 11.5 Å². The summed E-state index contributed by atoms with van der Waals surface area (Å²) in [7, 11) is 0. The highest BCUT2D eigenvalue weighted by molar-refractivity contribution is 5.93. The third-order valence-electron chi connectivity index (χ3n) is 3.45. The van der Waals surface area contributed by atoms with Crippen molar-refractivity contribution in [2.45, 2.75) is 38.6 Å². The van der Waals surface area contributed by atoms with E-state index in [4.69, 9.17) is 11.1 Å². The topological polar surface area (TPSA) is 66.0 Å². The molecule has 4 nitrogen and oxygen atoms in total. The van der Waals surface area contributed by atoms with Crippen molar-refractivity contribution >= 4 is 11.5 Å². The lowest BCUT2D eigenvalue weighted by Crippen LogP contribution is -2.39. The molecule has 2 rings (SSSR count). The molecule has 0 amide bonds. The highest BCUT2D eigenvalue weighted by atomic mass is 15.2. The fourth-order valence-corrected chi connectivity index (χ4v) is 2.48. The number of anilines is 1. The third kappa shape index (κ3) is 2.57. The Bertz CT molecular complexity index is 385. The molecule has 0 aromatic carbocycles. The number of amidine groups is 1. The van der Waals surface area contributed by atoms with Gasteiger partial charge in [-0.15, -0.1) is 0 Å². The first-order chi connectivity index (χ1) is 8.22. The Morgan fingerprint density at radius 1 is 1.53 bits per heavy atom. The van der Waals surface area contributed by atoms with E-state index in [0.29, 0.717) is 11.7 Å². The molecule has 0 aliphatic carbocycles. The van der Waals surface area contributed by atoms with Crippen molar-refractivity contribution in [1.29, 1.82) is 5.41 Å². The van der Waals surface area contributed by atoms with Gasteiger partial charge in [-0.2, -0.15) is 0 Å². The molecule has 1 saturated heterocycles. The molecule has 1 aliphatic heterocycles. The minimum absolute atomic E-state index is 0.0298. The van der Waals surface area contributed by atoms with Crippen molar-refractivity contribution < 1.29 is 0 Å². The van der Waals surface area contributed by atoms with Crippen molar-refractivity contribution in [1.82, 2.24) is 4.98 Å². The summed E-state index contributed by atoms with van der Waals surface area (Å²) in [5, 5.41) is 7.33. The maximum Gasteiger partial charge on any atom is 0.141 e. The van der Waals surface area contributed by atoms with Crippen LogP contribution in [-0.2, 0) is 0 Å². The zero-order valence-corrected chi connectivity index (χ0v) is 10.3. The number of nitrogen functional groups attached to an aromatic ring is 1. The van der Waals surface area contributed by atoms with Gasteiger partial charge in [0.25, 0.3) is 0 Å². The summed E-state index contributed by atoms with van der Waals surface area (Å²) in [6, 6.07) is 4.49. The van der Waals surface area contributed by atoms with Crippen LogP contribution >= 0.6 is 0 Å². The van der Waals surface area contributed by atoms with Crippen molar-refractivity contribution in [3.63, 3.8) is 0 Å². The minimum atomic E-state index is 0.0298. The van der Waals surface area contributed by atoms with E-state index in [1.165, 1.54) is 25.7 Å². The average molecular weight is 232 g/mol. The summed E-state index contributed by atoms with van der Waals surface area (Å²) >= 11 is 0. The highest BCUT2D eigenvalue weighted by Gasteiger charge is 2.21. The number of nitrogens with zero attached hydrogens (tertiary/aromatic N) is 2. The summed E-state index contributed by atoms with van der Waals surface area (Å²) in [6.45, 7) is 3.35. The number of rotatable bonds is 3. The quantitative estimate of drug-likeness (QED) is 0.620. The second-order valence-corrected chi connectivity index (χ2v) is 4.57. The van der Waals surface area contributed by atoms with Crippen LogP contribution in [0, 0.1) is 5.41 Å². The summed E-state index contributed by atoms with van der Waals surface area (Å²) < 4.78 is 0. The summed E-state index contributed by atoms with van der Waals surface area (Å²) in [4.78, 5) is 6.66. The predicted octanol–water partition coefficient (Wildman–Crippen LogP) is 2.13. The van der Waals surface area contributed by atoms with E-state index in [0.717, 1.165) is 12.2 Å². The molecular formula is C13H20N4. The van der Waals surface area contributed by atoms with Crippen LogP contribution in [0.5, 0.6) is 0 Å². The van der Waals surface area contributed by atoms with Crippen molar-refractivity contribution in [3.05, 3.63) is 24.0 Å². The predicted molar refractivity (Wildman–Crippen MR) is 70.5 cm³/mol. The number of nitrogens with one attached hydrogen (secondary N) is 1. The van der Waals surface area contributed by atoms with Crippen LogP contribution in [0.2, 0.25) is 0 Å². The van der Waals surface area contributed by atoms with Crippen LogP contribution in [0.15, 0.2) is 18.3 Å². The molecule has 1 unspecified atom stereocenters. The molecule has 92 valence electrons. The Labute approximate surface area is 102 Å². The third-order valence-corrected chi connectivity index (χ3v) is 3.45. The van der Waals surface area contributed by atoms with E-state index in [-0.39, 0.29) is 5.84 Å². The van der Waals surface area contributed by atoms with Gasteiger partial charge in [0, 0.05) is 12.6 Å². The molecule has 0 spiro atoms. The SMILES string of the molecule is CCC1CCCCN1c1ccc(C(=N)N)nc1. The molecular weight excluding hydrogens is 212 g/mol. The van der Waals surface area contributed by atoms with Gasteiger partial charge in [0.05, 0.1) is 11.9 Å². The Morgan fingerprint density at radius 2 is 2.35 bits per heavy atom. The normalized spacial score (nSPS) is 20.3. The van der Waals surface area contributed by atoms with Crippen LogP contribution in [0.4, 0.5) is 5.69 Å². The van der Waals surface area contributed by atoms with Gasteiger partial charge in [-0.1, -0.05) is 6.92 Å². The zero-order chi connectivity index (χ0) is 12.3. The van der Waals surface area contributed by atoms with Crippen molar-refractivity contribution in [2.75, 3.05) is 11.4 Å². The molecule has 2 heterocycles. The Balaban J connectivity index is 2.17. The Hall–Kier alpha value is -1.58. The van der Waals surface area contributed by atoms with Gasteiger partial charge in [-0.05, 0) is 37.8 Å². The first-order valence-corrected chi connectivity index (χ1v) is 6.29. The molecule has 17 heavy (non-hydrogen) atoms. The first-order valence-electron chi connectivity index (χ1n) is 6.29. The van der Waals surface area contributed by atoms with E-state index >= 15 is 0 Å². The van der Waals surface area contributed by atoms with Gasteiger partial charge in [-0.25, -0.2) is 0 Å². The van der Waals surface area contributed by atoms with Crippen LogP contribution in [0.3, 0.4) is 0 Å².